The number of carboxylic acid groups (broad SMARTS) is 1. The van der Waals surface area contributed by atoms with Gasteiger partial charge in [0.25, 0.3) is 0 Å². The summed E-state index contributed by atoms with van der Waals surface area (Å²) in [7, 11) is 0. The van der Waals surface area contributed by atoms with E-state index in [1.165, 1.54) is 0 Å². The molecule has 18 heavy (non-hydrogen) atoms. The second kappa shape index (κ2) is 6.28. The summed E-state index contributed by atoms with van der Waals surface area (Å²) in [6.07, 6.45) is 0.468. The molecule has 4 heteroatoms. The Morgan fingerprint density at radius 3 is 2.11 bits per heavy atom. The molecule has 0 amide bonds. The van der Waals surface area contributed by atoms with Crippen molar-refractivity contribution in [3.8, 4) is 11.5 Å². The van der Waals surface area contributed by atoms with Crippen LogP contribution in [-0.4, -0.2) is 24.3 Å². The number of carboxylic acids is 1. The van der Waals surface area contributed by atoms with Crippen LogP contribution in [-0.2, 0) is 4.79 Å². The van der Waals surface area contributed by atoms with E-state index in [9.17, 15) is 4.79 Å². The molecular weight excluding hydrogens is 232 g/mol. The van der Waals surface area contributed by atoms with Gasteiger partial charge in [-0.25, -0.2) is 0 Å². The van der Waals surface area contributed by atoms with Gasteiger partial charge in [-0.3, -0.25) is 4.79 Å². The van der Waals surface area contributed by atoms with E-state index in [2.05, 4.69) is 0 Å². The maximum atomic E-state index is 10.9. The maximum absolute atomic E-state index is 10.9. The maximum Gasteiger partial charge on any atom is 0.309 e. The lowest BCUT2D eigenvalue weighted by atomic mass is 9.90. The average Bonchev–Trinajstić information content (AvgIpc) is 2.31. The second-order valence-electron chi connectivity index (χ2n) is 4.69. The number of rotatable bonds is 7. The van der Waals surface area contributed by atoms with Crippen LogP contribution in [0.5, 0.6) is 11.5 Å². The quantitative estimate of drug-likeness (QED) is 0.810. The molecule has 0 heterocycles. The van der Waals surface area contributed by atoms with Crippen molar-refractivity contribution in [3.63, 3.8) is 0 Å². The SMILES string of the molecule is CCOc1ccc(OCCC(C)(C)C(=O)O)cc1. The normalized spacial score (nSPS) is 11.1. The summed E-state index contributed by atoms with van der Waals surface area (Å²) >= 11 is 0. The molecule has 0 aromatic heterocycles. The summed E-state index contributed by atoms with van der Waals surface area (Å²) in [6.45, 7) is 6.33. The third kappa shape index (κ3) is 4.28. The van der Waals surface area contributed by atoms with Gasteiger partial charge in [-0.15, -0.1) is 0 Å². The Morgan fingerprint density at radius 1 is 1.17 bits per heavy atom. The number of hydrogen-bond donors (Lipinski definition) is 1. The van der Waals surface area contributed by atoms with E-state index < -0.39 is 11.4 Å². The molecule has 1 aromatic rings. The molecule has 100 valence electrons. The van der Waals surface area contributed by atoms with Crippen molar-refractivity contribution < 1.29 is 19.4 Å². The van der Waals surface area contributed by atoms with Crippen LogP contribution in [0, 0.1) is 5.41 Å². The molecule has 0 unspecified atom stereocenters. The first-order chi connectivity index (χ1) is 8.45. The van der Waals surface area contributed by atoms with Gasteiger partial charge in [0.2, 0.25) is 0 Å². The predicted molar refractivity (Wildman–Crippen MR) is 69.1 cm³/mol. The fourth-order valence-electron chi connectivity index (χ4n) is 1.33. The highest BCUT2D eigenvalue weighted by molar-refractivity contribution is 5.73. The smallest absolute Gasteiger partial charge is 0.309 e. The van der Waals surface area contributed by atoms with Gasteiger partial charge >= 0.3 is 5.97 Å². The predicted octanol–water partition coefficient (Wildman–Crippen LogP) is 2.97. The van der Waals surface area contributed by atoms with Gasteiger partial charge in [-0.1, -0.05) is 0 Å². The third-order valence-corrected chi connectivity index (χ3v) is 2.71. The van der Waals surface area contributed by atoms with Crippen LogP contribution in [0.2, 0.25) is 0 Å². The Balaban J connectivity index is 2.42. The van der Waals surface area contributed by atoms with E-state index in [1.54, 1.807) is 13.8 Å². The van der Waals surface area contributed by atoms with Crippen molar-refractivity contribution in [1.29, 1.82) is 0 Å². The molecule has 0 spiro atoms. The molecule has 0 aliphatic carbocycles. The minimum Gasteiger partial charge on any atom is -0.494 e. The fraction of sp³-hybridized carbons (Fsp3) is 0.500. The molecular formula is C14H20O4. The Bertz CT molecular complexity index is 381. The first-order valence-corrected chi connectivity index (χ1v) is 6.05. The van der Waals surface area contributed by atoms with Crippen molar-refractivity contribution in [1.82, 2.24) is 0 Å². The summed E-state index contributed by atoms with van der Waals surface area (Å²) in [4.78, 5) is 10.9. The summed E-state index contributed by atoms with van der Waals surface area (Å²) in [5.41, 5.74) is -0.759. The van der Waals surface area contributed by atoms with Gasteiger partial charge in [0, 0.05) is 0 Å². The lowest BCUT2D eigenvalue weighted by Gasteiger charge is -2.18. The van der Waals surface area contributed by atoms with Crippen molar-refractivity contribution >= 4 is 5.97 Å². The lowest BCUT2D eigenvalue weighted by molar-refractivity contribution is -0.147. The van der Waals surface area contributed by atoms with Gasteiger partial charge in [-0.05, 0) is 51.5 Å². The standard InChI is InChI=1S/C14H20O4/c1-4-17-11-5-7-12(8-6-11)18-10-9-14(2,3)13(15)16/h5-8H,4,9-10H2,1-3H3,(H,15,16). The summed E-state index contributed by atoms with van der Waals surface area (Å²) in [5, 5.41) is 8.96. The monoisotopic (exact) mass is 252 g/mol. The number of hydrogen-bond acceptors (Lipinski definition) is 3. The van der Waals surface area contributed by atoms with Crippen LogP contribution < -0.4 is 9.47 Å². The molecule has 0 bridgehead atoms. The number of benzene rings is 1. The zero-order valence-corrected chi connectivity index (χ0v) is 11.1. The third-order valence-electron chi connectivity index (χ3n) is 2.71. The Morgan fingerprint density at radius 2 is 1.67 bits per heavy atom. The molecule has 0 saturated heterocycles. The zero-order valence-electron chi connectivity index (χ0n) is 11.1. The van der Waals surface area contributed by atoms with Crippen molar-refractivity contribution in [2.75, 3.05) is 13.2 Å². The molecule has 0 atom stereocenters. The summed E-state index contributed by atoms with van der Waals surface area (Å²) in [6, 6.07) is 7.31. The molecule has 4 nitrogen and oxygen atoms in total. The number of ether oxygens (including phenoxy) is 2. The van der Waals surface area contributed by atoms with Crippen LogP contribution in [0.1, 0.15) is 27.2 Å². The molecule has 0 fully saturated rings. The van der Waals surface area contributed by atoms with Crippen LogP contribution in [0.4, 0.5) is 0 Å². The largest absolute Gasteiger partial charge is 0.494 e. The van der Waals surface area contributed by atoms with Gasteiger partial charge in [0.05, 0.1) is 18.6 Å². The Kier molecular flexibility index (Phi) is 5.01. The van der Waals surface area contributed by atoms with E-state index >= 15 is 0 Å². The number of aliphatic carboxylic acids is 1. The first-order valence-electron chi connectivity index (χ1n) is 6.05. The van der Waals surface area contributed by atoms with Crippen molar-refractivity contribution in [2.24, 2.45) is 5.41 Å². The molecule has 1 N–H and O–H groups in total. The van der Waals surface area contributed by atoms with Gasteiger partial charge in [0.15, 0.2) is 0 Å². The fourth-order valence-corrected chi connectivity index (χ4v) is 1.33. The van der Waals surface area contributed by atoms with E-state index in [4.69, 9.17) is 14.6 Å². The van der Waals surface area contributed by atoms with Crippen LogP contribution in [0.3, 0.4) is 0 Å². The minimum absolute atomic E-state index is 0.382. The van der Waals surface area contributed by atoms with Crippen molar-refractivity contribution in [2.45, 2.75) is 27.2 Å². The highest BCUT2D eigenvalue weighted by Gasteiger charge is 2.26. The molecule has 0 aliphatic heterocycles. The Hall–Kier alpha value is -1.71. The first kappa shape index (κ1) is 14.4. The van der Waals surface area contributed by atoms with Crippen LogP contribution in [0.25, 0.3) is 0 Å². The zero-order chi connectivity index (χ0) is 13.6. The molecule has 0 radical (unpaired) electrons. The number of carbonyl (C=O) groups is 1. The van der Waals surface area contributed by atoms with E-state index in [1.807, 2.05) is 31.2 Å². The van der Waals surface area contributed by atoms with E-state index in [0.29, 0.717) is 19.6 Å². The highest BCUT2D eigenvalue weighted by atomic mass is 16.5. The van der Waals surface area contributed by atoms with Crippen molar-refractivity contribution in [3.05, 3.63) is 24.3 Å². The lowest BCUT2D eigenvalue weighted by Crippen LogP contribution is -2.25. The van der Waals surface area contributed by atoms with Crippen LogP contribution in [0.15, 0.2) is 24.3 Å². The molecule has 0 aliphatic rings. The van der Waals surface area contributed by atoms with Crippen LogP contribution >= 0.6 is 0 Å². The average molecular weight is 252 g/mol. The molecule has 1 rings (SSSR count). The minimum atomic E-state index is -0.808. The Labute approximate surface area is 108 Å². The second-order valence-corrected chi connectivity index (χ2v) is 4.69. The molecule has 0 saturated carbocycles. The van der Waals surface area contributed by atoms with Gasteiger partial charge in [0.1, 0.15) is 11.5 Å². The van der Waals surface area contributed by atoms with E-state index in [-0.39, 0.29) is 0 Å². The molecule has 1 aromatic carbocycles. The van der Waals surface area contributed by atoms with Gasteiger partial charge < -0.3 is 14.6 Å². The highest BCUT2D eigenvalue weighted by Crippen LogP contribution is 2.22. The topological polar surface area (TPSA) is 55.8 Å². The summed E-state index contributed by atoms with van der Waals surface area (Å²) in [5.74, 6) is 0.716. The van der Waals surface area contributed by atoms with Gasteiger partial charge in [-0.2, -0.15) is 0 Å². The van der Waals surface area contributed by atoms with E-state index in [0.717, 1.165) is 11.5 Å². The summed E-state index contributed by atoms with van der Waals surface area (Å²) < 4.78 is 10.8.